The first-order chi connectivity index (χ1) is 14.9. The minimum absolute atomic E-state index is 0. The fourth-order valence-electron chi connectivity index (χ4n) is 8.34. The largest absolute Gasteiger partial charge is 0.340 e. The van der Waals surface area contributed by atoms with E-state index < -0.39 is 0 Å². The second-order valence-corrected chi connectivity index (χ2v) is 14.2. The van der Waals surface area contributed by atoms with Gasteiger partial charge in [-0.2, -0.15) is 5.92 Å². The molecule has 0 amide bonds. The first-order valence-electron chi connectivity index (χ1n) is 14.8. The Morgan fingerprint density at radius 1 is 0.909 bits per heavy atom. The molecule has 7 atom stereocenters. The molecule has 0 aliphatic heterocycles. The van der Waals surface area contributed by atoms with Crippen LogP contribution in [0, 0.1) is 52.8 Å². The normalized spacial score (nSPS) is 38.1. The van der Waals surface area contributed by atoms with Crippen molar-refractivity contribution < 1.29 is 32.7 Å². The Morgan fingerprint density at radius 3 is 2.12 bits per heavy atom. The fourth-order valence-corrected chi connectivity index (χ4v) is 8.34. The van der Waals surface area contributed by atoms with Gasteiger partial charge in [0, 0.05) is 32.7 Å². The first-order valence-corrected chi connectivity index (χ1v) is 14.8. The molecule has 7 unspecified atom stereocenters. The van der Waals surface area contributed by atoms with Crippen molar-refractivity contribution in [1.82, 2.24) is 0 Å². The van der Waals surface area contributed by atoms with Gasteiger partial charge >= 0.3 is 0 Å². The maximum Gasteiger partial charge on any atom is 0 e. The van der Waals surface area contributed by atoms with Crippen LogP contribution in [0.4, 0.5) is 0 Å². The molecule has 3 saturated carbocycles. The summed E-state index contributed by atoms with van der Waals surface area (Å²) in [6.07, 6.45) is 21.7. The van der Waals surface area contributed by atoms with Gasteiger partial charge < -0.3 is 6.92 Å². The second-order valence-electron chi connectivity index (χ2n) is 14.2. The molecule has 3 aliphatic carbocycles. The van der Waals surface area contributed by atoms with Crippen molar-refractivity contribution in [3.8, 4) is 0 Å². The topological polar surface area (TPSA) is 0 Å². The summed E-state index contributed by atoms with van der Waals surface area (Å²) in [6.45, 7) is 23.9. The van der Waals surface area contributed by atoms with Gasteiger partial charge in [-0.1, -0.05) is 113 Å². The molecule has 0 aromatic carbocycles. The third kappa shape index (κ3) is 9.82. The number of hydrogen-bond acceptors (Lipinski definition) is 0. The van der Waals surface area contributed by atoms with Crippen molar-refractivity contribution in [2.75, 3.05) is 0 Å². The minimum atomic E-state index is 0. The predicted octanol–water partition coefficient (Wildman–Crippen LogP) is 10.9. The zero-order valence-electron chi connectivity index (χ0n) is 24.3. The van der Waals surface area contributed by atoms with Crippen LogP contribution in [0.1, 0.15) is 152 Å². The molecule has 0 nitrogen and oxygen atoms in total. The maximum atomic E-state index is 4.35. The van der Waals surface area contributed by atoms with Gasteiger partial charge in [0.15, 0.2) is 0 Å². The van der Waals surface area contributed by atoms with Gasteiger partial charge in [0.1, 0.15) is 0 Å². The molecule has 33 heavy (non-hydrogen) atoms. The van der Waals surface area contributed by atoms with E-state index in [1.165, 1.54) is 96.3 Å². The number of hydrogen-bond donors (Lipinski definition) is 0. The molecule has 0 N–H and O–H groups in total. The predicted molar refractivity (Wildman–Crippen MR) is 145 cm³/mol. The van der Waals surface area contributed by atoms with Gasteiger partial charge in [-0.15, -0.1) is 0 Å². The van der Waals surface area contributed by atoms with Crippen LogP contribution in [-0.2, 0) is 32.7 Å². The molecule has 193 valence electrons. The van der Waals surface area contributed by atoms with Gasteiger partial charge in [-0.05, 0) is 78.4 Å². The van der Waals surface area contributed by atoms with Crippen LogP contribution >= 0.6 is 0 Å². The SMILES string of the molecule is CCC(C)CC1(CC(C)(C)CC)CCCC1C.[CH2-]C1CC(C)CC2(CCCCC(C)C2)C1.[Y]. The minimum Gasteiger partial charge on any atom is -0.340 e. The summed E-state index contributed by atoms with van der Waals surface area (Å²) in [5.74, 6) is 4.47. The summed E-state index contributed by atoms with van der Waals surface area (Å²) < 4.78 is 0. The third-order valence-electron chi connectivity index (χ3n) is 10.3. The van der Waals surface area contributed by atoms with Crippen LogP contribution in [0.3, 0.4) is 0 Å². The van der Waals surface area contributed by atoms with E-state index in [0.29, 0.717) is 16.2 Å². The molecule has 1 heteroatoms. The second kappa shape index (κ2) is 14.2. The van der Waals surface area contributed by atoms with Crippen molar-refractivity contribution in [2.24, 2.45) is 45.8 Å². The molecule has 3 fully saturated rings. The van der Waals surface area contributed by atoms with E-state index in [1.807, 2.05) is 0 Å². The summed E-state index contributed by atoms with van der Waals surface area (Å²) in [7, 11) is 0. The van der Waals surface area contributed by atoms with Crippen molar-refractivity contribution in [1.29, 1.82) is 0 Å². The van der Waals surface area contributed by atoms with Crippen molar-refractivity contribution in [2.45, 2.75) is 152 Å². The standard InChI is InChI=1S/C17H34.C15H27.Y/c1-7-14(3)12-17(11-9-10-15(17)4)13-16(5,6)8-2;1-12-6-4-5-7-15(9-12)10-13(2)8-14(3)11-15;/h14-15H,7-13H2,1-6H3;12-14H,2,4-11H2,1,3H3;/q;-1;. The van der Waals surface area contributed by atoms with Gasteiger partial charge in [0.2, 0.25) is 0 Å². The molecule has 0 heterocycles. The Labute approximate surface area is 235 Å². The van der Waals surface area contributed by atoms with E-state index in [4.69, 9.17) is 0 Å². The molecule has 0 aromatic heterocycles. The Kier molecular flexibility index (Phi) is 13.8. The average molecular weight is 535 g/mol. The summed E-state index contributed by atoms with van der Waals surface area (Å²) in [4.78, 5) is 0. The van der Waals surface area contributed by atoms with E-state index in [2.05, 4.69) is 62.3 Å². The van der Waals surface area contributed by atoms with Gasteiger partial charge in [0.25, 0.3) is 0 Å². The summed E-state index contributed by atoms with van der Waals surface area (Å²) in [5.41, 5.74) is 1.89. The van der Waals surface area contributed by atoms with Crippen LogP contribution in [0.5, 0.6) is 0 Å². The summed E-state index contributed by atoms with van der Waals surface area (Å²) in [6, 6.07) is 0. The van der Waals surface area contributed by atoms with Crippen molar-refractivity contribution >= 4 is 0 Å². The molecule has 0 saturated heterocycles. The summed E-state index contributed by atoms with van der Waals surface area (Å²) in [5, 5.41) is 0. The zero-order valence-corrected chi connectivity index (χ0v) is 27.1. The van der Waals surface area contributed by atoms with Gasteiger partial charge in [-0.25, -0.2) is 0 Å². The van der Waals surface area contributed by atoms with Crippen molar-refractivity contribution in [3.63, 3.8) is 0 Å². The molecule has 3 rings (SSSR count). The van der Waals surface area contributed by atoms with Gasteiger partial charge in [-0.3, -0.25) is 0 Å². The Morgan fingerprint density at radius 2 is 1.58 bits per heavy atom. The third-order valence-corrected chi connectivity index (χ3v) is 10.3. The Balaban J connectivity index is 0.000000322. The van der Waals surface area contributed by atoms with Crippen LogP contribution in [0.15, 0.2) is 0 Å². The quantitative estimate of drug-likeness (QED) is 0.297. The Bertz CT molecular complexity index is 527. The van der Waals surface area contributed by atoms with E-state index in [1.54, 1.807) is 0 Å². The number of rotatable bonds is 6. The Hall–Kier alpha value is 1.10. The van der Waals surface area contributed by atoms with Crippen LogP contribution in [0.25, 0.3) is 0 Å². The maximum absolute atomic E-state index is 4.35. The smallest absolute Gasteiger partial charge is 0 e. The van der Waals surface area contributed by atoms with E-state index in [0.717, 1.165) is 29.6 Å². The molecule has 1 spiro atoms. The molecule has 3 aliphatic rings. The molecule has 1 radical (unpaired) electrons. The van der Waals surface area contributed by atoms with Gasteiger partial charge in [0.05, 0.1) is 0 Å². The van der Waals surface area contributed by atoms with Crippen LogP contribution in [0.2, 0.25) is 0 Å². The molecule has 0 aromatic rings. The molecule has 0 bridgehead atoms. The fraction of sp³-hybridized carbons (Fsp3) is 0.969. The van der Waals surface area contributed by atoms with Crippen molar-refractivity contribution in [3.05, 3.63) is 6.92 Å². The zero-order chi connectivity index (χ0) is 24.0. The van der Waals surface area contributed by atoms with E-state index in [-0.39, 0.29) is 32.7 Å². The average Bonchev–Trinajstić information content (AvgIpc) is 2.93. The van der Waals surface area contributed by atoms with E-state index in [9.17, 15) is 0 Å². The van der Waals surface area contributed by atoms with E-state index >= 15 is 0 Å². The van der Waals surface area contributed by atoms with Crippen LogP contribution in [-0.4, -0.2) is 0 Å². The molecular formula is C32H61Y-. The molecular weight excluding hydrogens is 473 g/mol. The monoisotopic (exact) mass is 534 g/mol. The van der Waals surface area contributed by atoms with Crippen LogP contribution < -0.4 is 0 Å². The first kappa shape index (κ1) is 32.1. The summed E-state index contributed by atoms with van der Waals surface area (Å²) >= 11 is 0.